The highest BCUT2D eigenvalue weighted by atomic mass is 16.8. The Morgan fingerprint density at radius 1 is 1.23 bits per heavy atom. The molecule has 2 heterocycles. The normalized spacial score (nSPS) is 26.3. The van der Waals surface area contributed by atoms with E-state index in [-0.39, 0.29) is 6.61 Å². The number of imide groups is 1. The number of amides is 2. The minimum atomic E-state index is -1.22. The van der Waals surface area contributed by atoms with Gasteiger partial charge < -0.3 is 24.1 Å². The van der Waals surface area contributed by atoms with Crippen LogP contribution in [0.5, 0.6) is 0 Å². The molecule has 1 aromatic carbocycles. The Balaban J connectivity index is 1.69. The van der Waals surface area contributed by atoms with E-state index in [1.54, 1.807) is 34.6 Å². The molecule has 1 aromatic rings. The summed E-state index contributed by atoms with van der Waals surface area (Å²) in [6, 6.07) is 8.77. The Hall–Kier alpha value is -2.26. The molecule has 0 radical (unpaired) electrons. The highest BCUT2D eigenvalue weighted by molar-refractivity contribution is 6.01. The molecule has 2 aliphatic rings. The lowest BCUT2D eigenvalue weighted by atomic mass is 10.0. The van der Waals surface area contributed by atoms with Crippen molar-refractivity contribution in [3.63, 3.8) is 0 Å². The molecule has 3 rings (SSSR count). The average molecular weight is 434 g/mol. The zero-order chi connectivity index (χ0) is 22.8. The van der Waals surface area contributed by atoms with Crippen LogP contribution >= 0.6 is 0 Å². The van der Waals surface area contributed by atoms with Crippen molar-refractivity contribution in [1.82, 2.24) is 4.90 Å². The van der Waals surface area contributed by atoms with Crippen molar-refractivity contribution in [3.05, 3.63) is 48.0 Å². The summed E-state index contributed by atoms with van der Waals surface area (Å²) in [4.78, 5) is 25.8. The van der Waals surface area contributed by atoms with E-state index in [9.17, 15) is 14.7 Å². The van der Waals surface area contributed by atoms with Gasteiger partial charge in [0.25, 0.3) is 5.91 Å². The molecule has 8 heteroatoms. The van der Waals surface area contributed by atoms with Crippen LogP contribution < -0.4 is 0 Å². The monoisotopic (exact) mass is 433 g/mol. The topological polar surface area (TPSA) is 94.5 Å². The molecule has 0 bridgehead atoms. The number of ether oxygens (including phenoxy) is 4. The van der Waals surface area contributed by atoms with E-state index in [1.807, 2.05) is 30.3 Å². The molecule has 0 spiro atoms. The molecule has 1 N–H and O–H groups in total. The van der Waals surface area contributed by atoms with Crippen molar-refractivity contribution < 1.29 is 33.6 Å². The van der Waals surface area contributed by atoms with Crippen molar-refractivity contribution in [3.8, 4) is 0 Å². The Kier molecular flexibility index (Phi) is 6.85. The summed E-state index contributed by atoms with van der Waals surface area (Å²) >= 11 is 0. The number of nitrogens with zero attached hydrogens (tertiary/aromatic N) is 1. The predicted octanol–water partition coefficient (Wildman–Crippen LogP) is 2.79. The van der Waals surface area contributed by atoms with Gasteiger partial charge >= 0.3 is 6.09 Å². The van der Waals surface area contributed by atoms with Crippen LogP contribution in [0.2, 0.25) is 0 Å². The summed E-state index contributed by atoms with van der Waals surface area (Å²) in [7, 11) is 0. The predicted molar refractivity (Wildman–Crippen MR) is 112 cm³/mol. The smallest absolute Gasteiger partial charge is 0.417 e. The fourth-order valence-electron chi connectivity index (χ4n) is 3.63. The van der Waals surface area contributed by atoms with E-state index in [2.05, 4.69) is 0 Å². The number of aliphatic hydroxyl groups is 1. The zero-order valence-corrected chi connectivity index (χ0v) is 18.6. The number of carbonyl (C=O) groups is 2. The second-order valence-corrected chi connectivity index (χ2v) is 9.17. The van der Waals surface area contributed by atoms with E-state index < -0.39 is 47.7 Å². The minimum Gasteiger partial charge on any atom is -0.443 e. The van der Waals surface area contributed by atoms with Crippen LogP contribution in [0.25, 0.3) is 0 Å². The van der Waals surface area contributed by atoms with Crippen LogP contribution in [0.15, 0.2) is 42.5 Å². The van der Waals surface area contributed by atoms with Gasteiger partial charge in [0.15, 0.2) is 5.79 Å². The van der Waals surface area contributed by atoms with Gasteiger partial charge in [0.05, 0.1) is 19.3 Å². The van der Waals surface area contributed by atoms with Crippen LogP contribution in [-0.4, -0.2) is 64.4 Å². The maximum absolute atomic E-state index is 12.6. The largest absolute Gasteiger partial charge is 0.443 e. The van der Waals surface area contributed by atoms with Crippen LogP contribution in [0.1, 0.15) is 40.2 Å². The van der Waals surface area contributed by atoms with Gasteiger partial charge in [-0.2, -0.15) is 0 Å². The van der Waals surface area contributed by atoms with E-state index in [0.29, 0.717) is 6.61 Å². The van der Waals surface area contributed by atoms with E-state index in [1.165, 1.54) is 12.2 Å². The second kappa shape index (κ2) is 9.08. The lowest BCUT2D eigenvalue weighted by molar-refractivity contribution is -0.160. The summed E-state index contributed by atoms with van der Waals surface area (Å²) in [5.41, 5.74) is 0.233. The number of carbonyl (C=O) groups excluding carboxylic acids is 2. The lowest BCUT2D eigenvalue weighted by Gasteiger charge is -2.32. The van der Waals surface area contributed by atoms with E-state index >= 15 is 0 Å². The molecule has 0 saturated carbocycles. The average Bonchev–Trinajstić information content (AvgIpc) is 3.20. The van der Waals surface area contributed by atoms with Crippen LogP contribution in [-0.2, 0) is 30.3 Å². The molecular weight excluding hydrogens is 402 g/mol. The molecule has 170 valence electrons. The number of rotatable bonds is 6. The van der Waals surface area contributed by atoms with Crippen LogP contribution in [0.3, 0.4) is 0 Å². The van der Waals surface area contributed by atoms with Crippen LogP contribution in [0.4, 0.5) is 4.79 Å². The Morgan fingerprint density at radius 2 is 1.90 bits per heavy atom. The molecule has 2 aliphatic heterocycles. The lowest BCUT2D eigenvalue weighted by Crippen LogP contribution is -2.53. The van der Waals surface area contributed by atoms with Gasteiger partial charge in [-0.3, -0.25) is 4.79 Å². The summed E-state index contributed by atoms with van der Waals surface area (Å²) in [6.45, 7) is 9.17. The van der Waals surface area contributed by atoms with Gasteiger partial charge in [-0.15, -0.1) is 0 Å². The third-order valence-electron chi connectivity index (χ3n) is 4.86. The fourth-order valence-corrected chi connectivity index (χ4v) is 3.63. The summed E-state index contributed by atoms with van der Waals surface area (Å²) in [5, 5.41) is 11.1. The fraction of sp³-hybridized carbons (Fsp3) is 0.565. The van der Waals surface area contributed by atoms with E-state index in [0.717, 1.165) is 10.5 Å². The molecular formula is C23H31NO7. The van der Waals surface area contributed by atoms with Gasteiger partial charge in [0, 0.05) is 6.08 Å². The molecule has 0 aliphatic carbocycles. The van der Waals surface area contributed by atoms with Gasteiger partial charge in [-0.1, -0.05) is 36.4 Å². The minimum absolute atomic E-state index is 0.177. The third-order valence-corrected chi connectivity index (χ3v) is 4.86. The third kappa shape index (κ3) is 5.92. The van der Waals surface area contributed by atoms with Crippen molar-refractivity contribution in [2.45, 2.75) is 77.0 Å². The summed E-state index contributed by atoms with van der Waals surface area (Å²) in [6.07, 6.45) is -0.703. The van der Waals surface area contributed by atoms with Gasteiger partial charge in [0.1, 0.15) is 23.9 Å². The van der Waals surface area contributed by atoms with Crippen molar-refractivity contribution in [1.29, 1.82) is 0 Å². The van der Waals surface area contributed by atoms with E-state index in [4.69, 9.17) is 18.9 Å². The molecule has 2 amide bonds. The highest BCUT2D eigenvalue weighted by Crippen LogP contribution is 2.33. The summed E-state index contributed by atoms with van der Waals surface area (Å²) < 4.78 is 23.0. The molecule has 1 fully saturated rings. The van der Waals surface area contributed by atoms with Crippen LogP contribution in [0, 0.1) is 0 Å². The van der Waals surface area contributed by atoms with Gasteiger partial charge in [-0.25, -0.2) is 9.69 Å². The Morgan fingerprint density at radius 3 is 2.55 bits per heavy atom. The molecule has 31 heavy (non-hydrogen) atoms. The quantitative estimate of drug-likeness (QED) is 0.737. The Bertz CT molecular complexity index is 815. The first-order chi connectivity index (χ1) is 14.5. The maximum atomic E-state index is 12.6. The second-order valence-electron chi connectivity index (χ2n) is 9.17. The molecule has 8 nitrogen and oxygen atoms in total. The first-order valence-corrected chi connectivity index (χ1v) is 10.4. The zero-order valence-electron chi connectivity index (χ0n) is 18.6. The van der Waals surface area contributed by atoms with Crippen molar-refractivity contribution in [2.75, 3.05) is 6.61 Å². The van der Waals surface area contributed by atoms with Gasteiger partial charge in [-0.05, 0) is 40.2 Å². The molecule has 4 atom stereocenters. The number of hydrogen-bond donors (Lipinski definition) is 1. The SMILES string of the molecule is CC(C)(C)OC(=O)N1C(=O)C=C[C@@H]1[C@H](O)[C@@H]1OC(C)(C)O[C@H]1COCc1ccccc1. The molecule has 0 unspecified atom stereocenters. The highest BCUT2D eigenvalue weighted by Gasteiger charge is 2.50. The number of benzene rings is 1. The Labute approximate surface area is 182 Å². The number of hydrogen-bond acceptors (Lipinski definition) is 7. The van der Waals surface area contributed by atoms with Crippen molar-refractivity contribution >= 4 is 12.0 Å². The molecule has 1 saturated heterocycles. The molecule has 0 aromatic heterocycles. The number of aliphatic hydroxyl groups excluding tert-OH is 1. The maximum Gasteiger partial charge on any atom is 0.417 e. The van der Waals surface area contributed by atoms with Crippen molar-refractivity contribution in [2.24, 2.45) is 0 Å². The summed E-state index contributed by atoms with van der Waals surface area (Å²) in [5.74, 6) is -1.50. The van der Waals surface area contributed by atoms with Gasteiger partial charge in [0.2, 0.25) is 0 Å². The first-order valence-electron chi connectivity index (χ1n) is 10.4. The standard InChI is InChI=1S/C23H31NO7/c1-22(2,3)31-21(27)24-16(11-12-18(24)25)19(26)20-17(29-23(4,5)30-20)14-28-13-15-9-7-6-8-10-15/h6-12,16-17,19-20,26H,13-14H2,1-5H3/t16-,17+,19+,20-/m1/s1. The first kappa shape index (κ1) is 23.4.